The van der Waals surface area contributed by atoms with Gasteiger partial charge >= 0.3 is 0 Å². The van der Waals surface area contributed by atoms with E-state index in [9.17, 15) is 0 Å². The number of aryl methyl sites for hydroxylation is 1. The van der Waals surface area contributed by atoms with Crippen LogP contribution in [0.1, 0.15) is 19.8 Å². The summed E-state index contributed by atoms with van der Waals surface area (Å²) in [6.45, 7) is 7.23. The fraction of sp³-hybridized carbons (Fsp3) is 0.346. The van der Waals surface area contributed by atoms with Crippen molar-refractivity contribution in [3.8, 4) is 11.1 Å². The Bertz CT molecular complexity index is 1310. The number of benzene rings is 1. The van der Waals surface area contributed by atoms with Crippen molar-refractivity contribution in [2.45, 2.75) is 26.3 Å². The molecule has 1 saturated heterocycles. The van der Waals surface area contributed by atoms with Gasteiger partial charge < -0.3 is 14.4 Å². The van der Waals surface area contributed by atoms with E-state index in [1.165, 1.54) is 0 Å². The molecular weight excluding hydrogens is 424 g/mol. The van der Waals surface area contributed by atoms with Crippen molar-refractivity contribution in [2.24, 2.45) is 4.99 Å². The van der Waals surface area contributed by atoms with Gasteiger partial charge in [0.25, 0.3) is 0 Å². The van der Waals surface area contributed by atoms with E-state index in [0.29, 0.717) is 5.82 Å². The molecule has 4 aromatic rings. The lowest BCUT2D eigenvalue weighted by Crippen LogP contribution is -2.30. The van der Waals surface area contributed by atoms with E-state index in [4.69, 9.17) is 15.0 Å². The molecule has 0 spiro atoms. The molecule has 0 radical (unpaired) electrons. The Morgan fingerprint density at radius 3 is 2.59 bits per heavy atom. The van der Waals surface area contributed by atoms with E-state index in [-0.39, 0.29) is 0 Å². The predicted octanol–water partition coefficient (Wildman–Crippen LogP) is 3.67. The van der Waals surface area contributed by atoms with Crippen LogP contribution in [0.4, 0.5) is 11.8 Å². The van der Waals surface area contributed by atoms with Crippen LogP contribution in [0.2, 0.25) is 0 Å². The first-order valence-electron chi connectivity index (χ1n) is 11.9. The number of anilines is 1. The molecule has 1 aliphatic rings. The van der Waals surface area contributed by atoms with Gasteiger partial charge in [-0.05, 0) is 44.1 Å². The Kier molecular flexibility index (Phi) is 6.58. The van der Waals surface area contributed by atoms with Gasteiger partial charge in [-0.25, -0.2) is 19.9 Å². The third-order valence-corrected chi connectivity index (χ3v) is 6.22. The number of hydrogen-bond acceptors (Lipinski definition) is 7. The molecule has 8 heteroatoms. The first-order valence-corrected chi connectivity index (χ1v) is 11.9. The molecule has 1 aromatic carbocycles. The van der Waals surface area contributed by atoms with Crippen molar-refractivity contribution < 1.29 is 0 Å². The number of likely N-dealkylation sites (N-methyl/N-ethyl adjacent to an activating group) is 1. The molecule has 0 bridgehead atoms. The molecule has 8 nitrogen and oxygen atoms in total. The Morgan fingerprint density at radius 1 is 0.912 bits per heavy atom. The van der Waals surface area contributed by atoms with Gasteiger partial charge in [0.15, 0.2) is 5.82 Å². The third-order valence-electron chi connectivity index (χ3n) is 6.22. The van der Waals surface area contributed by atoms with Crippen LogP contribution in [0.15, 0.2) is 66.4 Å². The molecule has 5 rings (SSSR count). The molecule has 1 fully saturated rings. The first kappa shape index (κ1) is 22.2. The monoisotopic (exact) mass is 454 g/mol. The summed E-state index contributed by atoms with van der Waals surface area (Å²) in [6.07, 6.45) is 13.1. The van der Waals surface area contributed by atoms with Gasteiger partial charge in [-0.1, -0.05) is 19.1 Å². The quantitative estimate of drug-likeness (QED) is 0.458. The van der Waals surface area contributed by atoms with E-state index in [1.807, 2.05) is 18.5 Å². The first-order chi connectivity index (χ1) is 16.7. The maximum absolute atomic E-state index is 4.73. The molecule has 0 aliphatic carbocycles. The highest BCUT2D eigenvalue weighted by Crippen LogP contribution is 2.24. The van der Waals surface area contributed by atoms with Crippen molar-refractivity contribution in [3.63, 3.8) is 0 Å². The third kappa shape index (κ3) is 4.82. The summed E-state index contributed by atoms with van der Waals surface area (Å²) in [7, 11) is 2.17. The zero-order valence-corrected chi connectivity index (χ0v) is 19.8. The molecule has 174 valence electrons. The molecule has 3 aromatic heterocycles. The van der Waals surface area contributed by atoms with Gasteiger partial charge in [-0.3, -0.25) is 4.98 Å². The van der Waals surface area contributed by atoms with Crippen molar-refractivity contribution in [2.75, 3.05) is 38.1 Å². The molecule has 4 heterocycles. The van der Waals surface area contributed by atoms with Gasteiger partial charge in [-0.15, -0.1) is 0 Å². The summed E-state index contributed by atoms with van der Waals surface area (Å²) in [5, 5.41) is 1.96. The SMILES string of the molecule is CCCn1ccc(=Nc2cnccn2)c2ccc(-c3cnc(N4CCCN(C)CC4)nc3)cc21. The average molecular weight is 455 g/mol. The number of nitrogens with zero attached hydrogens (tertiary/aromatic N) is 8. The Labute approximate surface area is 199 Å². The summed E-state index contributed by atoms with van der Waals surface area (Å²) >= 11 is 0. The number of fused-ring (bicyclic) bond motifs is 1. The Balaban J connectivity index is 1.51. The minimum Gasteiger partial charge on any atom is -0.347 e. The highest BCUT2D eigenvalue weighted by Gasteiger charge is 2.15. The van der Waals surface area contributed by atoms with Crippen LogP contribution >= 0.6 is 0 Å². The summed E-state index contributed by atoms with van der Waals surface area (Å²) in [6, 6.07) is 8.50. The largest absolute Gasteiger partial charge is 0.347 e. The van der Waals surface area contributed by atoms with Crippen LogP contribution in [-0.2, 0) is 6.54 Å². The van der Waals surface area contributed by atoms with Gasteiger partial charge in [0.1, 0.15) is 0 Å². The highest BCUT2D eigenvalue weighted by atomic mass is 15.3. The molecule has 1 aliphatic heterocycles. The normalized spacial score (nSPS) is 15.6. The smallest absolute Gasteiger partial charge is 0.225 e. The van der Waals surface area contributed by atoms with Crippen molar-refractivity contribution in [1.82, 2.24) is 29.4 Å². The molecule has 34 heavy (non-hydrogen) atoms. The summed E-state index contributed by atoms with van der Waals surface area (Å²) < 4.78 is 2.28. The Hall–Kier alpha value is -3.65. The molecule has 0 saturated carbocycles. The van der Waals surface area contributed by atoms with Crippen LogP contribution in [-0.4, -0.2) is 62.6 Å². The molecule has 0 N–H and O–H groups in total. The highest BCUT2D eigenvalue weighted by molar-refractivity contribution is 5.84. The Morgan fingerprint density at radius 2 is 1.79 bits per heavy atom. The van der Waals surface area contributed by atoms with E-state index in [2.05, 4.69) is 62.7 Å². The predicted molar refractivity (Wildman–Crippen MR) is 135 cm³/mol. The summed E-state index contributed by atoms with van der Waals surface area (Å²) in [5.41, 5.74) is 3.23. The van der Waals surface area contributed by atoms with Crippen molar-refractivity contribution in [3.05, 3.63) is 66.8 Å². The lowest BCUT2D eigenvalue weighted by Gasteiger charge is -2.20. The zero-order valence-electron chi connectivity index (χ0n) is 19.8. The summed E-state index contributed by atoms with van der Waals surface area (Å²) in [4.78, 5) is 27.2. The lowest BCUT2D eigenvalue weighted by atomic mass is 10.1. The second kappa shape index (κ2) is 10.1. The standard InChI is InChI=1S/C26H30N8/c1-3-10-33-13-7-23(31-25-19-27-8-9-28-25)22-6-5-20(16-24(22)33)21-17-29-26(30-18-21)34-12-4-11-32(2)14-15-34/h5-9,13,16-19H,3-4,10-12,14-15H2,1-2H3. The van der Waals surface area contributed by atoms with Gasteiger partial charge in [0.05, 0.1) is 17.1 Å². The topological polar surface area (TPSA) is 75.3 Å². The maximum atomic E-state index is 4.73. The second-order valence-electron chi connectivity index (χ2n) is 8.72. The summed E-state index contributed by atoms with van der Waals surface area (Å²) in [5.74, 6) is 1.41. The van der Waals surface area contributed by atoms with Crippen LogP contribution in [0, 0.1) is 0 Å². The zero-order chi connectivity index (χ0) is 23.3. The molecular formula is C26H30N8. The van der Waals surface area contributed by atoms with Crippen LogP contribution in [0.5, 0.6) is 0 Å². The maximum Gasteiger partial charge on any atom is 0.225 e. The van der Waals surface area contributed by atoms with Gasteiger partial charge in [0, 0.05) is 68.1 Å². The van der Waals surface area contributed by atoms with Crippen molar-refractivity contribution in [1.29, 1.82) is 0 Å². The van der Waals surface area contributed by atoms with E-state index in [1.54, 1.807) is 18.6 Å². The lowest BCUT2D eigenvalue weighted by molar-refractivity contribution is 0.360. The molecule has 0 amide bonds. The number of pyridine rings is 1. The minimum atomic E-state index is 0.602. The van der Waals surface area contributed by atoms with E-state index in [0.717, 1.165) is 78.9 Å². The number of hydrogen-bond donors (Lipinski definition) is 0. The van der Waals surface area contributed by atoms with Gasteiger partial charge in [0.2, 0.25) is 5.95 Å². The van der Waals surface area contributed by atoms with E-state index >= 15 is 0 Å². The fourth-order valence-corrected chi connectivity index (χ4v) is 4.38. The second-order valence-corrected chi connectivity index (χ2v) is 8.72. The van der Waals surface area contributed by atoms with E-state index < -0.39 is 0 Å². The fourth-order valence-electron chi connectivity index (χ4n) is 4.38. The van der Waals surface area contributed by atoms with Crippen LogP contribution in [0.25, 0.3) is 22.0 Å². The van der Waals surface area contributed by atoms with Gasteiger partial charge in [-0.2, -0.15) is 0 Å². The number of aromatic nitrogens is 5. The molecule has 0 atom stereocenters. The number of rotatable bonds is 5. The van der Waals surface area contributed by atoms with Crippen LogP contribution in [0.3, 0.4) is 0 Å². The minimum absolute atomic E-state index is 0.602. The average Bonchev–Trinajstić information content (AvgIpc) is 3.10. The molecule has 0 unspecified atom stereocenters. The van der Waals surface area contributed by atoms with Crippen molar-refractivity contribution >= 4 is 22.7 Å². The van der Waals surface area contributed by atoms with Crippen LogP contribution < -0.4 is 10.3 Å².